The van der Waals surface area contributed by atoms with Crippen LogP contribution in [-0.2, 0) is 11.8 Å². The molecule has 0 saturated heterocycles. The Morgan fingerprint density at radius 2 is 2.10 bits per heavy atom. The van der Waals surface area contributed by atoms with Crippen molar-refractivity contribution in [3.05, 3.63) is 45.9 Å². The molecule has 6 heteroatoms. The number of hydrogen-bond donors (Lipinski definition) is 1. The van der Waals surface area contributed by atoms with Gasteiger partial charge in [0.15, 0.2) is 10.9 Å². The standard InChI is InChI=1S/C15H15ClN4O/c1-8-7-12(17)18-9-5-6-15(2,14(21)13(8)9)10-3-4-11(16)20-19-10/h3-4,7H,5-6H2,1-2H3,(H2,17,18). The topological polar surface area (TPSA) is 81.8 Å². The first-order chi connectivity index (χ1) is 9.91. The number of nitrogens with two attached hydrogens (primary N) is 1. The van der Waals surface area contributed by atoms with Crippen LogP contribution >= 0.6 is 11.6 Å². The molecular weight excluding hydrogens is 288 g/mol. The molecule has 1 aliphatic rings. The highest BCUT2D eigenvalue weighted by Crippen LogP contribution is 2.38. The van der Waals surface area contributed by atoms with Gasteiger partial charge in [-0.15, -0.1) is 5.10 Å². The maximum atomic E-state index is 13.0. The Bertz CT molecular complexity index is 729. The van der Waals surface area contributed by atoms with Crippen LogP contribution in [0, 0.1) is 6.92 Å². The maximum absolute atomic E-state index is 13.0. The summed E-state index contributed by atoms with van der Waals surface area (Å²) in [6.07, 6.45) is 1.32. The van der Waals surface area contributed by atoms with E-state index >= 15 is 0 Å². The van der Waals surface area contributed by atoms with E-state index in [2.05, 4.69) is 15.2 Å². The number of hydrogen-bond acceptors (Lipinski definition) is 5. The number of rotatable bonds is 1. The van der Waals surface area contributed by atoms with Crippen LogP contribution in [0.15, 0.2) is 18.2 Å². The number of fused-ring (bicyclic) bond motifs is 1. The van der Waals surface area contributed by atoms with Gasteiger partial charge in [-0.2, -0.15) is 5.10 Å². The van der Waals surface area contributed by atoms with Crippen molar-refractivity contribution in [2.24, 2.45) is 0 Å². The molecule has 5 nitrogen and oxygen atoms in total. The Morgan fingerprint density at radius 1 is 1.33 bits per heavy atom. The molecule has 1 aliphatic carbocycles. The molecule has 1 unspecified atom stereocenters. The fourth-order valence-corrected chi connectivity index (χ4v) is 2.97. The lowest BCUT2D eigenvalue weighted by molar-refractivity contribution is 0.0869. The van der Waals surface area contributed by atoms with E-state index in [1.807, 2.05) is 13.8 Å². The minimum atomic E-state index is -0.701. The fraction of sp³-hybridized carbons (Fsp3) is 0.333. The number of carbonyl (C=O) groups excluding carboxylic acids is 1. The van der Waals surface area contributed by atoms with E-state index in [1.165, 1.54) is 0 Å². The second-order valence-electron chi connectivity index (χ2n) is 5.59. The number of nitrogens with zero attached hydrogens (tertiary/aromatic N) is 3. The third-order valence-corrected chi connectivity index (χ3v) is 4.30. The number of Topliss-reactive ketones (excluding diaryl/α,β-unsaturated/α-hetero) is 1. The number of pyridine rings is 1. The quantitative estimate of drug-likeness (QED) is 0.875. The third-order valence-electron chi connectivity index (χ3n) is 4.10. The monoisotopic (exact) mass is 302 g/mol. The summed E-state index contributed by atoms with van der Waals surface area (Å²) in [6.45, 7) is 3.78. The van der Waals surface area contributed by atoms with Crippen molar-refractivity contribution >= 4 is 23.2 Å². The van der Waals surface area contributed by atoms with Gasteiger partial charge in [-0.3, -0.25) is 4.79 Å². The van der Waals surface area contributed by atoms with E-state index in [4.69, 9.17) is 17.3 Å². The van der Waals surface area contributed by atoms with Gasteiger partial charge in [0.25, 0.3) is 0 Å². The molecule has 2 aromatic heterocycles. The van der Waals surface area contributed by atoms with Crippen LogP contribution in [0.4, 0.5) is 5.82 Å². The van der Waals surface area contributed by atoms with E-state index in [0.717, 1.165) is 11.3 Å². The largest absolute Gasteiger partial charge is 0.384 e. The van der Waals surface area contributed by atoms with Gasteiger partial charge in [0.05, 0.1) is 16.8 Å². The van der Waals surface area contributed by atoms with Crippen molar-refractivity contribution in [2.75, 3.05) is 5.73 Å². The second-order valence-corrected chi connectivity index (χ2v) is 5.98. The summed E-state index contributed by atoms with van der Waals surface area (Å²) in [7, 11) is 0. The average molecular weight is 303 g/mol. The molecule has 0 aliphatic heterocycles. The van der Waals surface area contributed by atoms with Gasteiger partial charge in [-0.25, -0.2) is 4.98 Å². The molecule has 0 fully saturated rings. The first kappa shape index (κ1) is 13.9. The molecule has 108 valence electrons. The number of aromatic nitrogens is 3. The van der Waals surface area contributed by atoms with Gasteiger partial charge < -0.3 is 5.73 Å². The average Bonchev–Trinajstić information content (AvgIpc) is 2.43. The zero-order chi connectivity index (χ0) is 15.2. The summed E-state index contributed by atoms with van der Waals surface area (Å²) in [4.78, 5) is 17.3. The van der Waals surface area contributed by atoms with E-state index in [-0.39, 0.29) is 5.78 Å². The smallest absolute Gasteiger partial charge is 0.176 e. The van der Waals surface area contributed by atoms with Gasteiger partial charge in [0, 0.05) is 5.56 Å². The number of ketones is 1. The molecule has 21 heavy (non-hydrogen) atoms. The van der Waals surface area contributed by atoms with Crippen molar-refractivity contribution in [3.63, 3.8) is 0 Å². The minimum absolute atomic E-state index is 0.0189. The van der Waals surface area contributed by atoms with Crippen molar-refractivity contribution in [1.29, 1.82) is 0 Å². The van der Waals surface area contributed by atoms with Crippen molar-refractivity contribution in [2.45, 2.75) is 32.1 Å². The third kappa shape index (κ3) is 2.17. The SMILES string of the molecule is Cc1cc(N)nc2c1C(=O)C(C)(c1ccc(Cl)nn1)CC2. The highest BCUT2D eigenvalue weighted by atomic mass is 35.5. The van der Waals surface area contributed by atoms with Crippen molar-refractivity contribution < 1.29 is 4.79 Å². The van der Waals surface area contributed by atoms with Crippen LogP contribution in [-0.4, -0.2) is 21.0 Å². The van der Waals surface area contributed by atoms with E-state index in [9.17, 15) is 4.79 Å². The summed E-state index contributed by atoms with van der Waals surface area (Å²) in [5, 5.41) is 8.27. The summed E-state index contributed by atoms with van der Waals surface area (Å²) < 4.78 is 0. The summed E-state index contributed by atoms with van der Waals surface area (Å²) in [5.41, 5.74) is 7.99. The molecule has 0 bridgehead atoms. The molecule has 2 aromatic rings. The van der Waals surface area contributed by atoms with Gasteiger partial charge in [-0.05, 0) is 50.5 Å². The van der Waals surface area contributed by atoms with E-state index in [1.54, 1.807) is 18.2 Å². The molecule has 0 aromatic carbocycles. The van der Waals surface area contributed by atoms with E-state index < -0.39 is 5.41 Å². The second kappa shape index (κ2) is 4.77. The number of carbonyl (C=O) groups is 1. The number of anilines is 1. The highest BCUT2D eigenvalue weighted by molar-refractivity contribution is 6.29. The van der Waals surface area contributed by atoms with E-state index in [0.29, 0.717) is 35.1 Å². The van der Waals surface area contributed by atoms with Crippen molar-refractivity contribution in [3.8, 4) is 0 Å². The molecule has 0 spiro atoms. The molecule has 2 heterocycles. The van der Waals surface area contributed by atoms with Gasteiger partial charge in [-0.1, -0.05) is 11.6 Å². The molecule has 0 radical (unpaired) electrons. The zero-order valence-electron chi connectivity index (χ0n) is 11.9. The van der Waals surface area contributed by atoms with Gasteiger partial charge >= 0.3 is 0 Å². The Kier molecular flexibility index (Phi) is 3.17. The highest BCUT2D eigenvalue weighted by Gasteiger charge is 2.42. The van der Waals surface area contributed by atoms with Crippen molar-refractivity contribution in [1.82, 2.24) is 15.2 Å². The Balaban J connectivity index is 2.11. The maximum Gasteiger partial charge on any atom is 0.176 e. The van der Waals surface area contributed by atoms with Gasteiger partial charge in [0.2, 0.25) is 0 Å². The number of aryl methyl sites for hydroxylation is 2. The lowest BCUT2D eigenvalue weighted by atomic mass is 9.70. The Labute approximate surface area is 127 Å². The molecule has 3 rings (SSSR count). The van der Waals surface area contributed by atoms with Crippen LogP contribution < -0.4 is 5.73 Å². The summed E-state index contributed by atoms with van der Waals surface area (Å²) in [5.74, 6) is 0.472. The summed E-state index contributed by atoms with van der Waals surface area (Å²) >= 11 is 5.77. The number of nitrogen functional groups attached to an aromatic ring is 1. The predicted molar refractivity (Wildman–Crippen MR) is 80.4 cm³/mol. The Hall–Kier alpha value is -2.01. The summed E-state index contributed by atoms with van der Waals surface area (Å²) in [6, 6.07) is 5.15. The molecular formula is C15H15ClN4O. The molecule has 0 amide bonds. The zero-order valence-corrected chi connectivity index (χ0v) is 12.6. The first-order valence-electron chi connectivity index (χ1n) is 6.72. The van der Waals surface area contributed by atoms with Crippen LogP contribution in [0.3, 0.4) is 0 Å². The molecule has 1 atom stereocenters. The van der Waals surface area contributed by atoms with Crippen LogP contribution in [0.5, 0.6) is 0 Å². The fourth-order valence-electron chi connectivity index (χ4n) is 2.87. The molecule has 2 N–H and O–H groups in total. The lowest BCUT2D eigenvalue weighted by Gasteiger charge is -2.32. The minimum Gasteiger partial charge on any atom is -0.384 e. The lowest BCUT2D eigenvalue weighted by Crippen LogP contribution is -2.39. The van der Waals surface area contributed by atoms with Crippen LogP contribution in [0.25, 0.3) is 0 Å². The van der Waals surface area contributed by atoms with Gasteiger partial charge in [0.1, 0.15) is 5.82 Å². The predicted octanol–water partition coefficient (Wildman–Crippen LogP) is 2.50. The van der Waals surface area contributed by atoms with Crippen LogP contribution in [0.1, 0.15) is 40.7 Å². The van der Waals surface area contributed by atoms with Crippen LogP contribution in [0.2, 0.25) is 5.15 Å². The molecule has 0 saturated carbocycles. The Morgan fingerprint density at radius 3 is 2.76 bits per heavy atom. The normalized spacial score (nSPS) is 21.2. The first-order valence-corrected chi connectivity index (χ1v) is 7.10. The number of halogens is 1.